The van der Waals surface area contributed by atoms with Crippen LogP contribution >= 0.6 is 23.2 Å². The number of phenolic OH excluding ortho intramolecular Hbond substituents is 1. The van der Waals surface area contributed by atoms with Gasteiger partial charge in [0.2, 0.25) is 0 Å². The number of amides is 1. The molecule has 2 rings (SSSR count). The number of esters is 1. The number of non-ortho nitro benzene ring substituents is 1. The Bertz CT molecular complexity index is 901. The van der Waals surface area contributed by atoms with Crippen LogP contribution in [-0.2, 0) is 9.53 Å². The summed E-state index contributed by atoms with van der Waals surface area (Å²) in [6, 6.07) is 6.05. The van der Waals surface area contributed by atoms with Crippen LogP contribution in [-0.4, -0.2) is 35.1 Å². The van der Waals surface area contributed by atoms with E-state index in [1.807, 2.05) is 0 Å². The molecule has 0 aliphatic rings. The maximum absolute atomic E-state index is 13.0. The summed E-state index contributed by atoms with van der Waals surface area (Å²) in [5.74, 6) is -1.82. The van der Waals surface area contributed by atoms with Crippen molar-refractivity contribution in [3.63, 3.8) is 0 Å². The van der Waals surface area contributed by atoms with E-state index in [1.165, 1.54) is 25.1 Å². The van der Waals surface area contributed by atoms with Crippen molar-refractivity contribution >= 4 is 46.5 Å². The summed E-state index contributed by atoms with van der Waals surface area (Å²) >= 11 is 11.8. The van der Waals surface area contributed by atoms with Crippen LogP contribution in [0.2, 0.25) is 10.0 Å². The molecule has 0 fully saturated rings. The third-order valence-electron chi connectivity index (χ3n) is 3.75. The first-order chi connectivity index (χ1) is 12.7. The molecule has 2 aromatic carbocycles. The Kier molecular flexibility index (Phi) is 6.24. The van der Waals surface area contributed by atoms with Crippen molar-refractivity contribution in [1.82, 2.24) is 0 Å². The molecule has 0 saturated heterocycles. The molecular weight excluding hydrogens is 399 g/mol. The molecule has 10 heteroatoms. The summed E-state index contributed by atoms with van der Waals surface area (Å²) in [6.07, 6.45) is 0. The summed E-state index contributed by atoms with van der Waals surface area (Å²) in [5, 5.41) is 21.1. The van der Waals surface area contributed by atoms with Crippen LogP contribution in [0.15, 0.2) is 36.4 Å². The molecule has 0 aromatic heterocycles. The minimum atomic E-state index is -1.12. The second-order valence-corrected chi connectivity index (χ2v) is 6.25. The number of ether oxygens (including phenoxy) is 1. The SMILES string of the molecule is COC(=O)[C@@H](C)N(C(=O)c1ccc([N+](=O)[O-])cc1)c1cc(Cl)c(Cl)cc1O. The van der Waals surface area contributed by atoms with E-state index >= 15 is 0 Å². The molecule has 2 aromatic rings. The number of nitrogens with zero attached hydrogens (tertiary/aromatic N) is 2. The number of carbonyl (C=O) groups excluding carboxylic acids is 2. The van der Waals surface area contributed by atoms with Gasteiger partial charge in [0.05, 0.1) is 27.8 Å². The first-order valence-electron chi connectivity index (χ1n) is 7.51. The fourth-order valence-corrected chi connectivity index (χ4v) is 2.67. The fraction of sp³-hybridized carbons (Fsp3) is 0.176. The minimum Gasteiger partial charge on any atom is -0.506 e. The monoisotopic (exact) mass is 412 g/mol. The molecule has 1 amide bonds. The zero-order valence-corrected chi connectivity index (χ0v) is 15.7. The minimum absolute atomic E-state index is 0.0572. The molecule has 0 bridgehead atoms. The highest BCUT2D eigenvalue weighted by Gasteiger charge is 2.31. The summed E-state index contributed by atoms with van der Waals surface area (Å²) in [6.45, 7) is 1.40. The van der Waals surface area contributed by atoms with Crippen LogP contribution in [0.1, 0.15) is 17.3 Å². The van der Waals surface area contributed by atoms with Gasteiger partial charge >= 0.3 is 5.97 Å². The van der Waals surface area contributed by atoms with Crippen molar-refractivity contribution in [3.8, 4) is 5.75 Å². The quantitative estimate of drug-likeness (QED) is 0.454. The van der Waals surface area contributed by atoms with E-state index in [9.17, 15) is 24.8 Å². The highest BCUT2D eigenvalue weighted by atomic mass is 35.5. The Morgan fingerprint density at radius 3 is 2.26 bits per heavy atom. The van der Waals surface area contributed by atoms with Crippen LogP contribution in [0.5, 0.6) is 5.75 Å². The lowest BCUT2D eigenvalue weighted by Crippen LogP contribution is -2.44. The van der Waals surface area contributed by atoms with Crippen molar-refractivity contribution in [2.75, 3.05) is 12.0 Å². The molecule has 27 heavy (non-hydrogen) atoms. The Labute approximate surface area is 164 Å². The molecule has 0 aliphatic heterocycles. The van der Waals surface area contributed by atoms with Crippen LogP contribution in [0, 0.1) is 10.1 Å². The van der Waals surface area contributed by atoms with Gasteiger partial charge in [-0.1, -0.05) is 23.2 Å². The topological polar surface area (TPSA) is 110 Å². The Morgan fingerprint density at radius 2 is 1.74 bits per heavy atom. The third kappa shape index (κ3) is 4.29. The van der Waals surface area contributed by atoms with Gasteiger partial charge in [0.25, 0.3) is 11.6 Å². The molecule has 0 radical (unpaired) electrons. The number of carbonyl (C=O) groups is 2. The van der Waals surface area contributed by atoms with E-state index in [2.05, 4.69) is 4.74 Å². The molecular formula is C17H14Cl2N2O6. The number of nitro groups is 1. The highest BCUT2D eigenvalue weighted by Crippen LogP contribution is 2.37. The summed E-state index contributed by atoms with van der Waals surface area (Å²) < 4.78 is 4.68. The molecule has 0 unspecified atom stereocenters. The number of phenols is 1. The van der Waals surface area contributed by atoms with Gasteiger partial charge < -0.3 is 9.84 Å². The standard InChI is InChI=1S/C17H14Cl2N2O6/c1-9(17(24)27-2)20(14-7-12(18)13(19)8-15(14)22)16(23)10-3-5-11(6-4-10)21(25)26/h3-9,22H,1-2H3/t9-/m1/s1. The molecule has 1 atom stereocenters. The predicted molar refractivity (Wildman–Crippen MR) is 99.5 cm³/mol. The number of halogens is 2. The summed E-state index contributed by atoms with van der Waals surface area (Å²) in [4.78, 5) is 36.2. The zero-order chi connectivity index (χ0) is 20.3. The third-order valence-corrected chi connectivity index (χ3v) is 4.47. The Morgan fingerprint density at radius 1 is 1.19 bits per heavy atom. The van der Waals surface area contributed by atoms with Gasteiger partial charge in [-0.05, 0) is 25.1 Å². The van der Waals surface area contributed by atoms with E-state index in [0.717, 1.165) is 30.2 Å². The molecule has 0 saturated carbocycles. The second-order valence-electron chi connectivity index (χ2n) is 5.43. The Balaban J connectivity index is 2.56. The van der Waals surface area contributed by atoms with E-state index < -0.39 is 22.8 Å². The number of benzene rings is 2. The summed E-state index contributed by atoms with van der Waals surface area (Å²) in [7, 11) is 1.15. The number of anilines is 1. The second kappa shape index (κ2) is 8.24. The van der Waals surface area contributed by atoms with Crippen LogP contribution in [0.3, 0.4) is 0 Å². The number of methoxy groups -OCH3 is 1. The van der Waals surface area contributed by atoms with Gasteiger partial charge in [0.1, 0.15) is 11.8 Å². The highest BCUT2D eigenvalue weighted by molar-refractivity contribution is 6.42. The van der Waals surface area contributed by atoms with Gasteiger partial charge in [-0.3, -0.25) is 19.8 Å². The number of hydrogen-bond acceptors (Lipinski definition) is 6. The van der Waals surface area contributed by atoms with Gasteiger partial charge in [-0.2, -0.15) is 0 Å². The fourth-order valence-electron chi connectivity index (χ4n) is 2.35. The van der Waals surface area contributed by atoms with Crippen molar-refractivity contribution in [3.05, 3.63) is 62.1 Å². The molecule has 0 spiro atoms. The van der Waals surface area contributed by atoms with Gasteiger partial charge in [-0.15, -0.1) is 0 Å². The lowest BCUT2D eigenvalue weighted by molar-refractivity contribution is -0.384. The van der Waals surface area contributed by atoms with Crippen LogP contribution in [0.4, 0.5) is 11.4 Å². The van der Waals surface area contributed by atoms with Crippen molar-refractivity contribution in [2.24, 2.45) is 0 Å². The average Bonchev–Trinajstić information content (AvgIpc) is 2.65. The smallest absolute Gasteiger partial charge is 0.328 e. The predicted octanol–water partition coefficient (Wildman–Crippen LogP) is 3.82. The van der Waals surface area contributed by atoms with Crippen LogP contribution < -0.4 is 4.90 Å². The van der Waals surface area contributed by atoms with Crippen molar-refractivity contribution < 1.29 is 24.4 Å². The normalized spacial score (nSPS) is 11.6. The molecule has 142 valence electrons. The molecule has 8 nitrogen and oxygen atoms in total. The Hall–Kier alpha value is -2.84. The zero-order valence-electron chi connectivity index (χ0n) is 14.2. The lowest BCUT2D eigenvalue weighted by Gasteiger charge is -2.28. The molecule has 1 N–H and O–H groups in total. The average molecular weight is 413 g/mol. The maximum Gasteiger partial charge on any atom is 0.328 e. The van der Waals surface area contributed by atoms with Crippen molar-refractivity contribution in [1.29, 1.82) is 0 Å². The maximum atomic E-state index is 13.0. The largest absolute Gasteiger partial charge is 0.506 e. The number of aromatic hydroxyl groups is 1. The van der Waals surface area contributed by atoms with E-state index in [-0.39, 0.29) is 32.7 Å². The van der Waals surface area contributed by atoms with Gasteiger partial charge in [0, 0.05) is 23.8 Å². The molecule has 0 aliphatic carbocycles. The first kappa shape index (κ1) is 20.5. The van der Waals surface area contributed by atoms with E-state index in [0.29, 0.717) is 0 Å². The van der Waals surface area contributed by atoms with E-state index in [1.54, 1.807) is 0 Å². The summed E-state index contributed by atoms with van der Waals surface area (Å²) in [5.41, 5.74) is -0.205. The van der Waals surface area contributed by atoms with E-state index in [4.69, 9.17) is 23.2 Å². The number of rotatable bonds is 5. The van der Waals surface area contributed by atoms with Gasteiger partial charge in [-0.25, -0.2) is 4.79 Å². The van der Waals surface area contributed by atoms with Gasteiger partial charge in [0.15, 0.2) is 0 Å². The van der Waals surface area contributed by atoms with Crippen LogP contribution in [0.25, 0.3) is 0 Å². The first-order valence-corrected chi connectivity index (χ1v) is 8.26. The lowest BCUT2D eigenvalue weighted by atomic mass is 10.1. The number of hydrogen-bond donors (Lipinski definition) is 1. The molecule has 0 heterocycles. The number of nitro benzene ring substituents is 1. The van der Waals surface area contributed by atoms with Crippen molar-refractivity contribution in [2.45, 2.75) is 13.0 Å².